The summed E-state index contributed by atoms with van der Waals surface area (Å²) in [6.07, 6.45) is 8.68. The lowest BCUT2D eigenvalue weighted by Crippen LogP contribution is -2.52. The molecule has 3 heteroatoms. The van der Waals surface area contributed by atoms with E-state index >= 15 is 0 Å². The summed E-state index contributed by atoms with van der Waals surface area (Å²) in [5, 5.41) is 3.54. The Morgan fingerprint density at radius 3 is 3.00 bits per heavy atom. The molecule has 1 fully saturated rings. The second kappa shape index (κ2) is 8.52. The van der Waals surface area contributed by atoms with E-state index < -0.39 is 0 Å². The van der Waals surface area contributed by atoms with Crippen LogP contribution in [0.2, 0.25) is 0 Å². The number of likely N-dealkylation sites (N-methyl/N-ethyl adjacent to an activating group) is 2. The zero-order valence-electron chi connectivity index (χ0n) is 11.2. The van der Waals surface area contributed by atoms with Gasteiger partial charge in [0.25, 0.3) is 0 Å². The van der Waals surface area contributed by atoms with E-state index in [1.165, 1.54) is 0 Å². The van der Waals surface area contributed by atoms with Crippen LogP contribution in [0.25, 0.3) is 0 Å². The van der Waals surface area contributed by atoms with Crippen molar-refractivity contribution in [1.82, 2.24) is 10.2 Å². The Bertz CT molecular complexity index is 237. The first-order valence-corrected chi connectivity index (χ1v) is 6.82. The zero-order valence-corrected chi connectivity index (χ0v) is 11.2. The second-order valence-electron chi connectivity index (χ2n) is 4.56. The number of hydrogen-bond acceptors (Lipinski definition) is 3. The highest BCUT2D eigenvalue weighted by molar-refractivity contribution is 4.87. The Hall–Kier alpha value is -0.560. The Morgan fingerprint density at radius 2 is 2.35 bits per heavy atom. The summed E-state index contributed by atoms with van der Waals surface area (Å²) < 4.78 is 5.90. The number of unbranched alkanes of at least 4 members (excludes halogenated alkanes) is 1. The molecule has 0 aromatic rings. The van der Waals surface area contributed by atoms with Crippen molar-refractivity contribution in [3.05, 3.63) is 0 Å². The normalized spacial score (nSPS) is 23.2. The van der Waals surface area contributed by atoms with Crippen LogP contribution in [-0.4, -0.2) is 49.8 Å². The van der Waals surface area contributed by atoms with Gasteiger partial charge in [0.2, 0.25) is 0 Å². The van der Waals surface area contributed by atoms with Gasteiger partial charge in [-0.2, -0.15) is 0 Å². The molecule has 0 bridgehead atoms. The highest BCUT2D eigenvalue weighted by Crippen LogP contribution is 2.13. The molecule has 0 saturated carbocycles. The van der Waals surface area contributed by atoms with Gasteiger partial charge in [0.1, 0.15) is 0 Å². The first-order valence-electron chi connectivity index (χ1n) is 6.82. The molecule has 2 unspecified atom stereocenters. The Kier molecular flexibility index (Phi) is 7.27. The van der Waals surface area contributed by atoms with Crippen LogP contribution >= 0.6 is 0 Å². The molecule has 1 aliphatic heterocycles. The molecule has 0 aliphatic carbocycles. The molecule has 1 aliphatic rings. The highest BCUT2D eigenvalue weighted by atomic mass is 16.5. The molecule has 0 aromatic carbocycles. The molecule has 0 aromatic heterocycles. The number of ether oxygens (including phenoxy) is 1. The lowest BCUT2D eigenvalue weighted by atomic mass is 10.0. The van der Waals surface area contributed by atoms with Gasteiger partial charge in [0.15, 0.2) is 0 Å². The molecule has 17 heavy (non-hydrogen) atoms. The molecule has 0 amide bonds. The van der Waals surface area contributed by atoms with Crippen LogP contribution in [0.3, 0.4) is 0 Å². The van der Waals surface area contributed by atoms with Crippen LogP contribution in [0.1, 0.15) is 33.1 Å². The topological polar surface area (TPSA) is 24.5 Å². The molecule has 2 atom stereocenters. The lowest BCUT2D eigenvalue weighted by Gasteiger charge is -2.36. The minimum Gasteiger partial charge on any atom is -0.374 e. The van der Waals surface area contributed by atoms with E-state index in [4.69, 9.17) is 11.2 Å². The van der Waals surface area contributed by atoms with Crippen molar-refractivity contribution in [1.29, 1.82) is 0 Å². The van der Waals surface area contributed by atoms with E-state index in [1.54, 1.807) is 0 Å². The van der Waals surface area contributed by atoms with Crippen molar-refractivity contribution in [3.63, 3.8) is 0 Å². The number of nitrogens with one attached hydrogen (secondary N) is 1. The Morgan fingerprint density at radius 1 is 1.53 bits per heavy atom. The van der Waals surface area contributed by atoms with Gasteiger partial charge in [-0.05, 0) is 25.9 Å². The van der Waals surface area contributed by atoms with Gasteiger partial charge in [-0.15, -0.1) is 12.3 Å². The average Bonchev–Trinajstić information content (AvgIpc) is 2.38. The minimum absolute atomic E-state index is 0.321. The molecule has 3 nitrogen and oxygen atoms in total. The van der Waals surface area contributed by atoms with Crippen LogP contribution in [-0.2, 0) is 4.74 Å². The van der Waals surface area contributed by atoms with Crippen molar-refractivity contribution < 1.29 is 4.74 Å². The average molecular weight is 238 g/mol. The fourth-order valence-electron chi connectivity index (χ4n) is 2.37. The van der Waals surface area contributed by atoms with Crippen molar-refractivity contribution in [2.24, 2.45) is 0 Å². The third-order valence-electron chi connectivity index (χ3n) is 3.38. The smallest absolute Gasteiger partial charge is 0.0855 e. The van der Waals surface area contributed by atoms with Crippen LogP contribution in [0, 0.1) is 12.3 Å². The summed E-state index contributed by atoms with van der Waals surface area (Å²) in [6.45, 7) is 9.43. The Labute approximate surface area is 106 Å². The van der Waals surface area contributed by atoms with Gasteiger partial charge < -0.3 is 10.1 Å². The number of terminal acetylenes is 1. The third-order valence-corrected chi connectivity index (χ3v) is 3.38. The predicted molar refractivity (Wildman–Crippen MR) is 72.0 cm³/mol. The molecule has 1 saturated heterocycles. The zero-order chi connectivity index (χ0) is 12.5. The number of hydrogen-bond donors (Lipinski definition) is 1. The minimum atomic E-state index is 0.321. The molecular weight excluding hydrogens is 212 g/mol. The van der Waals surface area contributed by atoms with Gasteiger partial charge in [0.05, 0.1) is 12.7 Å². The third kappa shape index (κ3) is 5.08. The SMILES string of the molecule is C#CCCCC(NCC)C1CN(CC)CCO1. The standard InChI is InChI=1S/C14H26N2O/c1-4-7-8-9-13(15-5-2)14-12-16(6-3)10-11-17-14/h1,13-15H,5-12H2,2-3H3. The van der Waals surface area contributed by atoms with Gasteiger partial charge in [0, 0.05) is 25.6 Å². The van der Waals surface area contributed by atoms with E-state index in [1.807, 2.05) is 0 Å². The summed E-state index contributed by atoms with van der Waals surface area (Å²) >= 11 is 0. The van der Waals surface area contributed by atoms with Crippen molar-refractivity contribution in [2.75, 3.05) is 32.8 Å². The largest absolute Gasteiger partial charge is 0.374 e. The highest BCUT2D eigenvalue weighted by Gasteiger charge is 2.26. The lowest BCUT2D eigenvalue weighted by molar-refractivity contribution is -0.0461. The van der Waals surface area contributed by atoms with E-state index in [0.717, 1.165) is 52.0 Å². The van der Waals surface area contributed by atoms with Gasteiger partial charge in [-0.3, -0.25) is 4.90 Å². The van der Waals surface area contributed by atoms with Crippen LogP contribution in [0.5, 0.6) is 0 Å². The molecule has 98 valence electrons. The number of morpholine rings is 1. The monoisotopic (exact) mass is 238 g/mol. The van der Waals surface area contributed by atoms with Crippen LogP contribution in [0.4, 0.5) is 0 Å². The summed E-state index contributed by atoms with van der Waals surface area (Å²) in [5.41, 5.74) is 0. The van der Waals surface area contributed by atoms with Gasteiger partial charge in [-0.25, -0.2) is 0 Å². The van der Waals surface area contributed by atoms with Crippen LogP contribution in [0.15, 0.2) is 0 Å². The molecule has 1 N–H and O–H groups in total. The maximum absolute atomic E-state index is 5.90. The Balaban J connectivity index is 2.41. The molecule has 1 rings (SSSR count). The van der Waals surface area contributed by atoms with Crippen LogP contribution < -0.4 is 5.32 Å². The number of nitrogens with zero attached hydrogens (tertiary/aromatic N) is 1. The van der Waals surface area contributed by atoms with E-state index in [-0.39, 0.29) is 0 Å². The fraction of sp³-hybridized carbons (Fsp3) is 0.857. The summed E-state index contributed by atoms with van der Waals surface area (Å²) in [7, 11) is 0. The quantitative estimate of drug-likeness (QED) is 0.537. The summed E-state index contributed by atoms with van der Waals surface area (Å²) in [5.74, 6) is 2.71. The molecule has 0 spiro atoms. The van der Waals surface area contributed by atoms with Gasteiger partial charge in [-0.1, -0.05) is 13.8 Å². The van der Waals surface area contributed by atoms with Gasteiger partial charge >= 0.3 is 0 Å². The maximum atomic E-state index is 5.90. The summed E-state index contributed by atoms with van der Waals surface area (Å²) in [6, 6.07) is 0.447. The second-order valence-corrected chi connectivity index (χ2v) is 4.56. The summed E-state index contributed by atoms with van der Waals surface area (Å²) in [4.78, 5) is 2.46. The van der Waals surface area contributed by atoms with Crippen molar-refractivity contribution in [3.8, 4) is 12.3 Å². The first kappa shape index (κ1) is 14.5. The fourth-order valence-corrected chi connectivity index (χ4v) is 2.37. The number of rotatable bonds is 7. The van der Waals surface area contributed by atoms with Crippen molar-refractivity contribution >= 4 is 0 Å². The van der Waals surface area contributed by atoms with Crippen molar-refractivity contribution in [2.45, 2.75) is 45.3 Å². The van der Waals surface area contributed by atoms with E-state index in [2.05, 4.69) is 30.0 Å². The predicted octanol–water partition coefficient (Wildman–Crippen LogP) is 1.49. The van der Waals surface area contributed by atoms with E-state index in [9.17, 15) is 0 Å². The maximum Gasteiger partial charge on any atom is 0.0855 e. The molecule has 1 heterocycles. The van der Waals surface area contributed by atoms with E-state index in [0.29, 0.717) is 12.1 Å². The molecule has 0 radical (unpaired) electrons. The molecular formula is C14H26N2O. The first-order chi connectivity index (χ1) is 8.31.